The fourth-order valence-electron chi connectivity index (χ4n) is 2.76. The van der Waals surface area contributed by atoms with Crippen molar-refractivity contribution in [3.63, 3.8) is 0 Å². The Balaban J connectivity index is 1.61. The van der Waals surface area contributed by atoms with Crippen molar-refractivity contribution in [2.75, 3.05) is 18.6 Å². The molecule has 3 aromatic rings. The van der Waals surface area contributed by atoms with Crippen LogP contribution in [0.25, 0.3) is 11.3 Å². The van der Waals surface area contributed by atoms with Crippen LogP contribution in [0.5, 0.6) is 11.5 Å². The van der Waals surface area contributed by atoms with Crippen molar-refractivity contribution in [3.8, 4) is 22.8 Å². The summed E-state index contributed by atoms with van der Waals surface area (Å²) in [6.07, 6.45) is 5.15. The molecule has 0 saturated heterocycles. The zero-order chi connectivity index (χ0) is 20.3. The van der Waals surface area contributed by atoms with E-state index < -0.39 is 0 Å². The zero-order valence-corrected chi connectivity index (χ0v) is 17.7. The molecule has 0 spiro atoms. The van der Waals surface area contributed by atoms with Gasteiger partial charge in [-0.2, -0.15) is 5.10 Å². The van der Waals surface area contributed by atoms with E-state index in [0.29, 0.717) is 13.2 Å². The van der Waals surface area contributed by atoms with Gasteiger partial charge in [-0.3, -0.25) is 5.43 Å². The van der Waals surface area contributed by atoms with Crippen LogP contribution in [0.3, 0.4) is 0 Å². The SMILES string of the molecule is CCCCCOc1ccc(/C=N\Nc2nc(-c3ccccc3)cs2)cc1OCC. The predicted molar refractivity (Wildman–Crippen MR) is 121 cm³/mol. The third-order valence-electron chi connectivity index (χ3n) is 4.22. The Labute approximate surface area is 176 Å². The van der Waals surface area contributed by atoms with Crippen molar-refractivity contribution in [2.24, 2.45) is 5.10 Å². The van der Waals surface area contributed by atoms with Crippen LogP contribution < -0.4 is 14.9 Å². The molecule has 1 N–H and O–H groups in total. The number of hydrogen-bond donors (Lipinski definition) is 1. The molecule has 152 valence electrons. The third kappa shape index (κ3) is 6.32. The van der Waals surface area contributed by atoms with E-state index in [4.69, 9.17) is 9.47 Å². The molecule has 0 saturated carbocycles. The number of thiazole rings is 1. The van der Waals surface area contributed by atoms with Crippen molar-refractivity contribution in [1.29, 1.82) is 0 Å². The molecule has 0 aliphatic rings. The molecule has 0 amide bonds. The smallest absolute Gasteiger partial charge is 0.203 e. The van der Waals surface area contributed by atoms with E-state index in [0.717, 1.165) is 39.9 Å². The highest BCUT2D eigenvalue weighted by Crippen LogP contribution is 2.28. The van der Waals surface area contributed by atoms with E-state index in [9.17, 15) is 0 Å². The van der Waals surface area contributed by atoms with Crippen molar-refractivity contribution in [3.05, 3.63) is 59.5 Å². The zero-order valence-electron chi connectivity index (χ0n) is 16.9. The summed E-state index contributed by atoms with van der Waals surface area (Å²) in [7, 11) is 0. The van der Waals surface area contributed by atoms with E-state index in [1.165, 1.54) is 24.2 Å². The van der Waals surface area contributed by atoms with Crippen LogP contribution in [0.15, 0.2) is 59.0 Å². The topological polar surface area (TPSA) is 55.7 Å². The molecule has 6 heteroatoms. The van der Waals surface area contributed by atoms with Crippen molar-refractivity contribution < 1.29 is 9.47 Å². The van der Waals surface area contributed by atoms with E-state index >= 15 is 0 Å². The molecular formula is C23H27N3O2S. The number of aromatic nitrogens is 1. The van der Waals surface area contributed by atoms with Crippen LogP contribution in [0.4, 0.5) is 5.13 Å². The molecule has 0 aliphatic heterocycles. The van der Waals surface area contributed by atoms with Gasteiger partial charge < -0.3 is 9.47 Å². The van der Waals surface area contributed by atoms with Crippen molar-refractivity contribution in [1.82, 2.24) is 4.98 Å². The Bertz CT molecular complexity index is 909. The Morgan fingerprint density at radius 2 is 1.90 bits per heavy atom. The van der Waals surface area contributed by atoms with E-state index in [2.05, 4.69) is 22.4 Å². The first-order valence-electron chi connectivity index (χ1n) is 9.99. The first kappa shape index (κ1) is 20.9. The van der Waals surface area contributed by atoms with Gasteiger partial charge in [0.2, 0.25) is 5.13 Å². The minimum atomic E-state index is 0.589. The largest absolute Gasteiger partial charge is 0.490 e. The summed E-state index contributed by atoms with van der Waals surface area (Å²) >= 11 is 1.53. The molecule has 0 unspecified atom stereocenters. The highest BCUT2D eigenvalue weighted by molar-refractivity contribution is 7.14. The van der Waals surface area contributed by atoms with Crippen LogP contribution in [-0.2, 0) is 0 Å². The van der Waals surface area contributed by atoms with Gasteiger partial charge in [0.25, 0.3) is 0 Å². The van der Waals surface area contributed by atoms with E-state index in [1.54, 1.807) is 6.21 Å². The van der Waals surface area contributed by atoms with Gasteiger partial charge in [0, 0.05) is 10.9 Å². The maximum Gasteiger partial charge on any atom is 0.203 e. The maximum atomic E-state index is 5.87. The maximum absolute atomic E-state index is 5.87. The van der Waals surface area contributed by atoms with Crippen LogP contribution in [0.1, 0.15) is 38.7 Å². The number of nitrogens with zero attached hydrogens (tertiary/aromatic N) is 2. The van der Waals surface area contributed by atoms with Crippen LogP contribution >= 0.6 is 11.3 Å². The van der Waals surface area contributed by atoms with E-state index in [1.807, 2.05) is 60.8 Å². The normalized spacial score (nSPS) is 11.0. The predicted octanol–water partition coefficient (Wildman–Crippen LogP) is 6.22. The number of nitrogens with one attached hydrogen (secondary N) is 1. The van der Waals surface area contributed by atoms with Crippen molar-refractivity contribution in [2.45, 2.75) is 33.1 Å². The van der Waals surface area contributed by atoms with Crippen LogP contribution in [-0.4, -0.2) is 24.4 Å². The molecule has 0 radical (unpaired) electrons. The second kappa shape index (κ2) is 11.2. The fourth-order valence-corrected chi connectivity index (χ4v) is 3.42. The summed E-state index contributed by atoms with van der Waals surface area (Å²) in [5.41, 5.74) is 5.97. The number of benzene rings is 2. The van der Waals surface area contributed by atoms with Gasteiger partial charge in [-0.05, 0) is 37.1 Å². The molecule has 0 fully saturated rings. The quantitative estimate of drug-likeness (QED) is 0.232. The Morgan fingerprint density at radius 1 is 1.03 bits per heavy atom. The summed E-state index contributed by atoms with van der Waals surface area (Å²) in [6.45, 7) is 5.44. The molecule has 5 nitrogen and oxygen atoms in total. The summed E-state index contributed by atoms with van der Waals surface area (Å²) in [5.74, 6) is 1.52. The standard InChI is InChI=1S/C23H27N3O2S/c1-3-5-9-14-28-21-13-12-18(15-22(21)27-4-2)16-24-26-23-25-20(17-29-23)19-10-7-6-8-11-19/h6-8,10-13,15-17H,3-5,9,14H2,1-2H3,(H,25,26)/b24-16-. The van der Waals surface area contributed by atoms with Gasteiger partial charge in [0.05, 0.1) is 25.1 Å². The van der Waals surface area contributed by atoms with Gasteiger partial charge >= 0.3 is 0 Å². The Hall–Kier alpha value is -2.86. The number of ether oxygens (including phenoxy) is 2. The Kier molecular flexibility index (Phi) is 8.07. The number of hydrogen-bond acceptors (Lipinski definition) is 6. The lowest BCUT2D eigenvalue weighted by Gasteiger charge is -2.12. The van der Waals surface area contributed by atoms with Gasteiger partial charge in [-0.15, -0.1) is 11.3 Å². The summed E-state index contributed by atoms with van der Waals surface area (Å²) < 4.78 is 11.6. The first-order chi connectivity index (χ1) is 14.3. The lowest BCUT2D eigenvalue weighted by Crippen LogP contribution is -2.01. The van der Waals surface area contributed by atoms with E-state index in [-0.39, 0.29) is 0 Å². The number of unbranched alkanes of at least 4 members (excludes halogenated alkanes) is 2. The molecule has 2 aromatic carbocycles. The minimum absolute atomic E-state index is 0.589. The molecule has 1 aromatic heterocycles. The number of rotatable bonds is 11. The lowest BCUT2D eigenvalue weighted by atomic mass is 10.2. The summed E-state index contributed by atoms with van der Waals surface area (Å²) in [6, 6.07) is 16.0. The average molecular weight is 410 g/mol. The minimum Gasteiger partial charge on any atom is -0.490 e. The molecule has 0 bridgehead atoms. The highest BCUT2D eigenvalue weighted by Gasteiger charge is 2.06. The number of anilines is 1. The van der Waals surface area contributed by atoms with Crippen LogP contribution in [0, 0.1) is 0 Å². The molecule has 0 aliphatic carbocycles. The molecule has 0 atom stereocenters. The van der Waals surface area contributed by atoms with Crippen LogP contribution in [0.2, 0.25) is 0 Å². The average Bonchev–Trinajstić information content (AvgIpc) is 3.22. The monoisotopic (exact) mass is 409 g/mol. The Morgan fingerprint density at radius 3 is 2.69 bits per heavy atom. The highest BCUT2D eigenvalue weighted by atomic mass is 32.1. The summed E-state index contributed by atoms with van der Waals surface area (Å²) in [4.78, 5) is 4.57. The lowest BCUT2D eigenvalue weighted by molar-refractivity contribution is 0.271. The second-order valence-electron chi connectivity index (χ2n) is 6.47. The molecule has 3 rings (SSSR count). The second-order valence-corrected chi connectivity index (χ2v) is 7.33. The number of hydrazone groups is 1. The molecule has 29 heavy (non-hydrogen) atoms. The molecular weight excluding hydrogens is 382 g/mol. The fraction of sp³-hybridized carbons (Fsp3) is 0.304. The summed E-state index contributed by atoms with van der Waals surface area (Å²) in [5, 5.41) is 7.08. The van der Waals surface area contributed by atoms with Gasteiger partial charge in [0.15, 0.2) is 11.5 Å². The van der Waals surface area contributed by atoms with Crippen molar-refractivity contribution >= 4 is 22.7 Å². The van der Waals surface area contributed by atoms with Gasteiger partial charge in [0.1, 0.15) is 0 Å². The third-order valence-corrected chi connectivity index (χ3v) is 4.97. The molecule has 1 heterocycles. The first-order valence-corrected chi connectivity index (χ1v) is 10.9. The van der Waals surface area contributed by atoms with Gasteiger partial charge in [-0.1, -0.05) is 50.1 Å². The van der Waals surface area contributed by atoms with Gasteiger partial charge in [-0.25, -0.2) is 4.98 Å².